The third-order valence-corrected chi connectivity index (χ3v) is 3.21. The molecule has 1 aromatic rings. The Morgan fingerprint density at radius 2 is 2.18 bits per heavy atom. The monoisotopic (exact) mass is 250 g/mol. The van der Waals surface area contributed by atoms with E-state index < -0.39 is 0 Å². The van der Waals surface area contributed by atoms with E-state index in [-0.39, 0.29) is 0 Å². The van der Waals surface area contributed by atoms with Crippen LogP contribution in [0, 0.1) is 18.3 Å². The second-order valence-corrected chi connectivity index (χ2v) is 4.56. The zero-order valence-corrected chi connectivity index (χ0v) is 10.4. The van der Waals surface area contributed by atoms with Crippen LogP contribution in [-0.2, 0) is 4.74 Å². The van der Waals surface area contributed by atoms with E-state index in [9.17, 15) is 0 Å². The molecule has 0 bridgehead atoms. The fourth-order valence-electron chi connectivity index (χ4n) is 1.83. The average molecular weight is 251 g/mol. The summed E-state index contributed by atoms with van der Waals surface area (Å²) in [5.74, 6) is 3.81. The predicted octanol–water partition coefficient (Wildman–Crippen LogP) is 3.13. The molecular weight excluding hydrogens is 236 g/mol. The number of rotatable bonds is 3. The van der Waals surface area contributed by atoms with Crippen molar-refractivity contribution in [2.75, 3.05) is 19.8 Å². The smallest absolute Gasteiger partial charge is 0.137 e. The minimum absolute atomic E-state index is 0.562. The van der Waals surface area contributed by atoms with E-state index in [0.29, 0.717) is 23.3 Å². The molecule has 1 aliphatic rings. The van der Waals surface area contributed by atoms with Crippen LogP contribution in [0.4, 0.5) is 0 Å². The highest BCUT2D eigenvalue weighted by atomic mass is 35.5. The maximum absolute atomic E-state index is 6.08. The Morgan fingerprint density at radius 3 is 2.82 bits per heavy atom. The van der Waals surface area contributed by atoms with Gasteiger partial charge in [0, 0.05) is 18.8 Å². The van der Waals surface area contributed by atoms with Gasteiger partial charge >= 0.3 is 0 Å². The Bertz CT molecular complexity index is 417. The highest BCUT2D eigenvalue weighted by Crippen LogP contribution is 2.26. The minimum Gasteiger partial charge on any atom is -0.492 e. The summed E-state index contributed by atoms with van der Waals surface area (Å²) in [5.41, 5.74) is 0.772. The predicted molar refractivity (Wildman–Crippen MR) is 68.4 cm³/mol. The van der Waals surface area contributed by atoms with Gasteiger partial charge in [0.2, 0.25) is 0 Å². The van der Waals surface area contributed by atoms with Gasteiger partial charge in [-0.15, -0.1) is 6.42 Å². The Hall–Kier alpha value is -1.17. The molecule has 0 aromatic heterocycles. The Labute approximate surface area is 107 Å². The quantitative estimate of drug-likeness (QED) is 0.768. The first-order chi connectivity index (χ1) is 8.29. The molecule has 0 radical (unpaired) electrons. The molecule has 90 valence electrons. The number of terminal acetylenes is 1. The minimum atomic E-state index is 0.562. The molecule has 1 saturated heterocycles. The fraction of sp³-hybridized carbons (Fsp3) is 0.429. The van der Waals surface area contributed by atoms with Gasteiger partial charge in [-0.25, -0.2) is 0 Å². The number of hydrogen-bond donors (Lipinski definition) is 0. The van der Waals surface area contributed by atoms with Crippen LogP contribution in [0.3, 0.4) is 0 Å². The maximum Gasteiger partial charge on any atom is 0.137 e. The fourth-order valence-corrected chi connectivity index (χ4v) is 2.06. The third kappa shape index (κ3) is 3.39. The van der Waals surface area contributed by atoms with Gasteiger partial charge in [-0.2, -0.15) is 0 Å². The van der Waals surface area contributed by atoms with Crippen molar-refractivity contribution in [2.24, 2.45) is 5.92 Å². The molecule has 1 aliphatic heterocycles. The molecule has 3 heteroatoms. The summed E-state index contributed by atoms with van der Waals surface area (Å²) < 4.78 is 11.0. The SMILES string of the molecule is C#Cc1ccc(OCC2CCOCC2)c(Cl)c1. The zero-order chi connectivity index (χ0) is 12.1. The van der Waals surface area contributed by atoms with Gasteiger partial charge in [-0.1, -0.05) is 17.5 Å². The molecule has 1 heterocycles. The first-order valence-electron chi connectivity index (χ1n) is 5.76. The molecule has 0 saturated carbocycles. The molecule has 2 rings (SSSR count). The molecule has 0 N–H and O–H groups in total. The lowest BCUT2D eigenvalue weighted by Crippen LogP contribution is -2.21. The normalized spacial score (nSPS) is 16.5. The van der Waals surface area contributed by atoms with Gasteiger partial charge in [0.05, 0.1) is 11.6 Å². The van der Waals surface area contributed by atoms with Crippen LogP contribution in [0.25, 0.3) is 0 Å². The maximum atomic E-state index is 6.08. The van der Waals surface area contributed by atoms with Crippen LogP contribution < -0.4 is 4.74 Å². The summed E-state index contributed by atoms with van der Waals surface area (Å²) in [6, 6.07) is 5.42. The molecule has 0 amide bonds. The summed E-state index contributed by atoms with van der Waals surface area (Å²) in [5, 5.41) is 0.576. The van der Waals surface area contributed by atoms with Crippen LogP contribution in [-0.4, -0.2) is 19.8 Å². The molecule has 17 heavy (non-hydrogen) atoms. The van der Waals surface area contributed by atoms with Crippen molar-refractivity contribution in [3.8, 4) is 18.1 Å². The molecule has 0 atom stereocenters. The van der Waals surface area contributed by atoms with Gasteiger partial charge in [0.15, 0.2) is 0 Å². The number of hydrogen-bond acceptors (Lipinski definition) is 2. The second kappa shape index (κ2) is 5.95. The summed E-state index contributed by atoms with van der Waals surface area (Å²) in [6.07, 6.45) is 7.41. The average Bonchev–Trinajstić information content (AvgIpc) is 2.38. The van der Waals surface area contributed by atoms with E-state index in [1.54, 1.807) is 6.07 Å². The van der Waals surface area contributed by atoms with Crippen molar-refractivity contribution in [3.05, 3.63) is 28.8 Å². The van der Waals surface area contributed by atoms with Gasteiger partial charge in [-0.3, -0.25) is 0 Å². The summed E-state index contributed by atoms with van der Waals surface area (Å²) in [6.45, 7) is 2.36. The van der Waals surface area contributed by atoms with Gasteiger partial charge in [0.1, 0.15) is 5.75 Å². The topological polar surface area (TPSA) is 18.5 Å². The van der Waals surface area contributed by atoms with Crippen LogP contribution in [0.2, 0.25) is 5.02 Å². The third-order valence-electron chi connectivity index (χ3n) is 2.91. The van der Waals surface area contributed by atoms with Crippen LogP contribution in [0.1, 0.15) is 18.4 Å². The molecule has 1 fully saturated rings. The van der Waals surface area contributed by atoms with Crippen LogP contribution in [0.15, 0.2) is 18.2 Å². The van der Waals surface area contributed by atoms with Gasteiger partial charge in [0.25, 0.3) is 0 Å². The van der Waals surface area contributed by atoms with Crippen molar-refractivity contribution >= 4 is 11.6 Å². The standard InChI is InChI=1S/C14H15ClO2/c1-2-11-3-4-14(13(15)9-11)17-10-12-5-7-16-8-6-12/h1,3-4,9,12H,5-8,10H2. The van der Waals surface area contributed by atoms with Crippen LogP contribution in [0.5, 0.6) is 5.75 Å². The van der Waals surface area contributed by atoms with Crippen molar-refractivity contribution in [1.82, 2.24) is 0 Å². The summed E-state index contributed by atoms with van der Waals surface area (Å²) in [7, 11) is 0. The first kappa shape index (κ1) is 12.3. The molecule has 0 aliphatic carbocycles. The van der Waals surface area contributed by atoms with Crippen molar-refractivity contribution in [2.45, 2.75) is 12.8 Å². The van der Waals surface area contributed by atoms with Crippen molar-refractivity contribution < 1.29 is 9.47 Å². The highest BCUT2D eigenvalue weighted by molar-refractivity contribution is 6.32. The lowest BCUT2D eigenvalue weighted by atomic mass is 10.0. The molecule has 0 unspecified atom stereocenters. The van der Waals surface area contributed by atoms with E-state index in [4.69, 9.17) is 27.5 Å². The van der Waals surface area contributed by atoms with E-state index in [1.165, 1.54) is 0 Å². The molecule has 2 nitrogen and oxygen atoms in total. The Balaban J connectivity index is 1.92. The van der Waals surface area contributed by atoms with E-state index in [0.717, 1.165) is 31.6 Å². The van der Waals surface area contributed by atoms with E-state index in [1.807, 2.05) is 12.1 Å². The van der Waals surface area contributed by atoms with E-state index in [2.05, 4.69) is 5.92 Å². The molecule has 0 spiro atoms. The zero-order valence-electron chi connectivity index (χ0n) is 9.62. The lowest BCUT2D eigenvalue weighted by molar-refractivity contribution is 0.0498. The Kier molecular flexibility index (Phi) is 4.30. The lowest BCUT2D eigenvalue weighted by Gasteiger charge is -2.22. The number of ether oxygens (including phenoxy) is 2. The largest absolute Gasteiger partial charge is 0.492 e. The number of benzene rings is 1. The Morgan fingerprint density at radius 1 is 1.41 bits per heavy atom. The van der Waals surface area contributed by atoms with Crippen molar-refractivity contribution in [1.29, 1.82) is 0 Å². The highest BCUT2D eigenvalue weighted by Gasteiger charge is 2.15. The second-order valence-electron chi connectivity index (χ2n) is 4.16. The van der Waals surface area contributed by atoms with Crippen LogP contribution >= 0.6 is 11.6 Å². The van der Waals surface area contributed by atoms with Gasteiger partial charge < -0.3 is 9.47 Å². The summed E-state index contributed by atoms with van der Waals surface area (Å²) in [4.78, 5) is 0. The molecular formula is C14H15ClO2. The molecule has 1 aromatic carbocycles. The first-order valence-corrected chi connectivity index (χ1v) is 6.14. The van der Waals surface area contributed by atoms with Crippen molar-refractivity contribution in [3.63, 3.8) is 0 Å². The van der Waals surface area contributed by atoms with E-state index >= 15 is 0 Å². The number of halogens is 1. The van der Waals surface area contributed by atoms with Gasteiger partial charge in [-0.05, 0) is 37.0 Å². The summed E-state index contributed by atoms with van der Waals surface area (Å²) >= 11 is 6.08.